The molecule has 1 fully saturated rings. The molecular formula is C22H19BrO4. The van der Waals surface area contributed by atoms with Crippen molar-refractivity contribution >= 4 is 33.5 Å². The Bertz CT molecular complexity index is 994. The van der Waals surface area contributed by atoms with Crippen molar-refractivity contribution in [1.29, 1.82) is 0 Å². The van der Waals surface area contributed by atoms with E-state index in [1.807, 2.05) is 32.0 Å². The van der Waals surface area contributed by atoms with E-state index in [9.17, 15) is 14.4 Å². The molecule has 5 heteroatoms. The van der Waals surface area contributed by atoms with E-state index >= 15 is 0 Å². The van der Waals surface area contributed by atoms with Crippen molar-refractivity contribution in [2.24, 2.45) is 10.8 Å². The number of aryl methyl sites for hydroxylation is 1. The number of halogens is 1. The summed E-state index contributed by atoms with van der Waals surface area (Å²) in [5, 5.41) is 0. The number of benzene rings is 2. The molecule has 1 saturated carbocycles. The van der Waals surface area contributed by atoms with Gasteiger partial charge in [0, 0.05) is 21.5 Å². The van der Waals surface area contributed by atoms with Crippen molar-refractivity contribution in [2.45, 2.75) is 33.1 Å². The minimum absolute atomic E-state index is 0.171. The van der Waals surface area contributed by atoms with Gasteiger partial charge in [-0.2, -0.15) is 0 Å². The Morgan fingerprint density at radius 1 is 1.15 bits per heavy atom. The number of carbonyl (C=O) groups is 3. The van der Waals surface area contributed by atoms with Crippen molar-refractivity contribution in [3.8, 4) is 5.75 Å². The number of esters is 1. The predicted molar refractivity (Wildman–Crippen MR) is 104 cm³/mol. The van der Waals surface area contributed by atoms with Crippen molar-refractivity contribution < 1.29 is 19.1 Å². The summed E-state index contributed by atoms with van der Waals surface area (Å²) in [6.07, 6.45) is 0.380. The number of hydrogen-bond acceptors (Lipinski definition) is 4. The van der Waals surface area contributed by atoms with E-state index in [1.165, 1.54) is 6.92 Å². The number of carbonyl (C=O) groups excluding carboxylic acids is 3. The van der Waals surface area contributed by atoms with E-state index in [0.29, 0.717) is 17.7 Å². The second-order valence-electron chi connectivity index (χ2n) is 7.39. The Hall–Kier alpha value is -2.27. The normalized spacial score (nSPS) is 28.0. The highest BCUT2D eigenvalue weighted by Crippen LogP contribution is 2.80. The minimum atomic E-state index is -1.45. The van der Waals surface area contributed by atoms with E-state index in [-0.39, 0.29) is 11.6 Å². The Balaban J connectivity index is 1.95. The minimum Gasteiger partial charge on any atom is -0.425 e. The SMILES string of the molecule is CC[C@]1(C(=O)c2ccc(C)cc2)[C@@H]2c3cc(Br)ccc3OC(=O)[C@]21C(C)=O. The molecule has 1 aliphatic heterocycles. The van der Waals surface area contributed by atoms with Crippen LogP contribution in [0.1, 0.15) is 47.7 Å². The third-order valence-corrected chi connectivity index (χ3v) is 6.68. The second kappa shape index (κ2) is 5.86. The highest BCUT2D eigenvalue weighted by molar-refractivity contribution is 9.10. The first kappa shape index (κ1) is 18.1. The molecule has 2 aliphatic rings. The Morgan fingerprint density at radius 3 is 2.41 bits per heavy atom. The van der Waals surface area contributed by atoms with Crippen molar-refractivity contribution in [2.75, 3.05) is 0 Å². The number of fused-ring (bicyclic) bond motifs is 3. The van der Waals surface area contributed by atoms with Gasteiger partial charge < -0.3 is 4.74 Å². The van der Waals surface area contributed by atoms with E-state index in [1.54, 1.807) is 24.3 Å². The van der Waals surface area contributed by atoms with Gasteiger partial charge in [-0.05, 0) is 38.5 Å². The number of ether oxygens (including phenoxy) is 1. The van der Waals surface area contributed by atoms with Crippen molar-refractivity contribution in [3.63, 3.8) is 0 Å². The first-order valence-electron chi connectivity index (χ1n) is 8.95. The van der Waals surface area contributed by atoms with Crippen molar-refractivity contribution in [1.82, 2.24) is 0 Å². The molecule has 138 valence electrons. The fourth-order valence-corrected chi connectivity index (χ4v) is 5.31. The van der Waals surface area contributed by atoms with Crippen LogP contribution in [0.15, 0.2) is 46.9 Å². The first-order valence-corrected chi connectivity index (χ1v) is 9.74. The Kier molecular flexibility index (Phi) is 3.93. The summed E-state index contributed by atoms with van der Waals surface area (Å²) in [7, 11) is 0. The summed E-state index contributed by atoms with van der Waals surface area (Å²) < 4.78 is 6.35. The van der Waals surface area contributed by atoms with Gasteiger partial charge in [0.15, 0.2) is 5.78 Å². The standard InChI is InChI=1S/C22H19BrO4/c1-4-21(19(25)14-7-5-12(2)6-8-14)18-16-11-15(23)9-10-17(16)27-20(26)22(18,21)13(3)24/h5-11,18H,4H2,1-3H3/t18-,21+,22-/m0/s1. The van der Waals surface area contributed by atoms with Crippen LogP contribution in [-0.2, 0) is 9.59 Å². The lowest BCUT2D eigenvalue weighted by molar-refractivity contribution is -0.148. The molecule has 4 nitrogen and oxygen atoms in total. The first-order chi connectivity index (χ1) is 12.8. The van der Waals surface area contributed by atoms with Gasteiger partial charge in [-0.3, -0.25) is 14.4 Å². The number of ketones is 2. The molecule has 2 aromatic carbocycles. The molecule has 4 rings (SSSR count). The molecule has 0 bridgehead atoms. The van der Waals surface area contributed by atoms with Gasteiger partial charge in [0.05, 0.1) is 5.41 Å². The zero-order valence-corrected chi connectivity index (χ0v) is 16.9. The van der Waals surface area contributed by atoms with Gasteiger partial charge in [0.1, 0.15) is 16.9 Å². The number of hydrogen-bond donors (Lipinski definition) is 0. The number of Topliss-reactive ketones (excluding diaryl/α,β-unsaturated/α-hetero) is 2. The highest BCUT2D eigenvalue weighted by Gasteiger charge is 2.87. The van der Waals surface area contributed by atoms with Gasteiger partial charge >= 0.3 is 5.97 Å². The molecule has 1 aliphatic carbocycles. The molecule has 0 unspecified atom stereocenters. The third kappa shape index (κ3) is 2.12. The fourth-order valence-electron chi connectivity index (χ4n) is 4.93. The Labute approximate surface area is 166 Å². The lowest BCUT2D eigenvalue weighted by atomic mass is 9.81. The van der Waals surface area contributed by atoms with Crippen molar-refractivity contribution in [3.05, 3.63) is 63.6 Å². The molecule has 0 amide bonds. The van der Waals surface area contributed by atoms with Crippen LogP contribution < -0.4 is 4.74 Å². The van der Waals surface area contributed by atoms with E-state index in [4.69, 9.17) is 4.74 Å². The van der Waals surface area contributed by atoms with Crippen LogP contribution in [0.25, 0.3) is 0 Å². The summed E-state index contributed by atoms with van der Waals surface area (Å²) in [4.78, 5) is 39.4. The van der Waals surface area contributed by atoms with Gasteiger partial charge in [-0.25, -0.2) is 0 Å². The van der Waals surface area contributed by atoms with E-state index in [2.05, 4.69) is 15.9 Å². The van der Waals surface area contributed by atoms with Crippen LogP contribution >= 0.6 is 15.9 Å². The Morgan fingerprint density at radius 2 is 1.81 bits per heavy atom. The van der Waals surface area contributed by atoms with Crippen LogP contribution in [0.5, 0.6) is 5.75 Å². The molecule has 0 N–H and O–H groups in total. The topological polar surface area (TPSA) is 60.4 Å². The summed E-state index contributed by atoms with van der Waals surface area (Å²) in [6.45, 7) is 5.19. The quantitative estimate of drug-likeness (QED) is 0.309. The van der Waals surface area contributed by atoms with Gasteiger partial charge in [0.25, 0.3) is 0 Å². The maximum Gasteiger partial charge on any atom is 0.326 e. The molecule has 0 saturated heterocycles. The molecule has 27 heavy (non-hydrogen) atoms. The average molecular weight is 427 g/mol. The lowest BCUT2D eigenvalue weighted by Gasteiger charge is -2.22. The van der Waals surface area contributed by atoms with Crippen LogP contribution in [-0.4, -0.2) is 17.5 Å². The molecule has 0 aromatic heterocycles. The molecule has 1 heterocycles. The molecule has 0 radical (unpaired) electrons. The zero-order chi connectivity index (χ0) is 19.6. The van der Waals surface area contributed by atoms with Gasteiger partial charge in [-0.1, -0.05) is 52.7 Å². The molecule has 0 spiro atoms. The van der Waals surface area contributed by atoms with Crippen LogP contribution in [0.3, 0.4) is 0 Å². The summed E-state index contributed by atoms with van der Waals surface area (Å²) >= 11 is 3.45. The lowest BCUT2D eigenvalue weighted by Crippen LogP contribution is -2.38. The average Bonchev–Trinajstić information content (AvgIpc) is 3.29. The summed E-state index contributed by atoms with van der Waals surface area (Å²) in [5.74, 6) is -1.18. The third-order valence-electron chi connectivity index (χ3n) is 6.19. The fraction of sp³-hybridized carbons (Fsp3) is 0.318. The van der Waals surface area contributed by atoms with E-state index < -0.39 is 22.7 Å². The second-order valence-corrected chi connectivity index (χ2v) is 8.30. The summed E-state index contributed by atoms with van der Waals surface area (Å²) in [5.41, 5.74) is -0.266. The van der Waals surface area contributed by atoms with Gasteiger partial charge in [-0.15, -0.1) is 0 Å². The molecule has 3 atom stereocenters. The monoisotopic (exact) mass is 426 g/mol. The van der Waals surface area contributed by atoms with Crippen LogP contribution in [0, 0.1) is 17.8 Å². The predicted octanol–water partition coefficient (Wildman–Crippen LogP) is 4.63. The smallest absolute Gasteiger partial charge is 0.326 e. The molecular weight excluding hydrogens is 408 g/mol. The maximum absolute atomic E-state index is 13.6. The van der Waals surface area contributed by atoms with Crippen LogP contribution in [0.2, 0.25) is 0 Å². The highest BCUT2D eigenvalue weighted by atomic mass is 79.9. The van der Waals surface area contributed by atoms with Gasteiger partial charge in [0.2, 0.25) is 0 Å². The zero-order valence-electron chi connectivity index (χ0n) is 15.3. The van der Waals surface area contributed by atoms with E-state index in [0.717, 1.165) is 15.6 Å². The maximum atomic E-state index is 13.6. The summed E-state index contributed by atoms with van der Waals surface area (Å²) in [6, 6.07) is 12.6. The molecule has 2 aromatic rings. The number of rotatable bonds is 4. The largest absolute Gasteiger partial charge is 0.425 e. The van der Waals surface area contributed by atoms with Crippen LogP contribution in [0.4, 0.5) is 0 Å².